The first-order valence-electron chi connectivity index (χ1n) is 12.6. The van der Waals surface area contributed by atoms with Gasteiger partial charge in [0.1, 0.15) is 11.6 Å². The first kappa shape index (κ1) is 24.4. The van der Waals surface area contributed by atoms with Gasteiger partial charge in [0.15, 0.2) is 17.4 Å². The number of thioether (sulfide) groups is 1. The molecule has 1 aliphatic heterocycles. The summed E-state index contributed by atoms with van der Waals surface area (Å²) in [5.41, 5.74) is 0.815. The van der Waals surface area contributed by atoms with E-state index in [9.17, 15) is 4.79 Å². The highest BCUT2D eigenvalue weighted by atomic mass is 32.2. The summed E-state index contributed by atoms with van der Waals surface area (Å²) in [6, 6.07) is 13.9. The van der Waals surface area contributed by atoms with Crippen molar-refractivity contribution in [3.05, 3.63) is 48.7 Å². The zero-order valence-electron chi connectivity index (χ0n) is 20.8. The van der Waals surface area contributed by atoms with Gasteiger partial charge in [-0.25, -0.2) is 14.6 Å². The smallest absolute Gasteiger partial charge is 0.258 e. The fourth-order valence-electron chi connectivity index (χ4n) is 4.45. The van der Waals surface area contributed by atoms with Crippen LogP contribution in [0.4, 0.5) is 5.82 Å². The molecule has 0 saturated carbocycles. The van der Waals surface area contributed by atoms with Gasteiger partial charge in [0.05, 0.1) is 18.1 Å². The standard InChI is InChI=1S/C27H32N6O2S/c1-19(2)36-27-30-25(32-13-6-3-7-14-32)23-17-29-33(26(23)31-27)15-12-28-24(34)18-35-22-11-10-20-8-4-5-9-21(20)16-22/h4-5,8-11,16-17,19H,3,6-7,12-15,18H2,1-2H3,(H,28,34). The van der Waals surface area contributed by atoms with E-state index in [1.54, 1.807) is 11.8 Å². The molecule has 188 valence electrons. The molecule has 0 spiro atoms. The average molecular weight is 505 g/mol. The molecule has 1 amide bonds. The Labute approximate surface area is 215 Å². The van der Waals surface area contributed by atoms with Crippen molar-refractivity contribution in [2.75, 3.05) is 31.1 Å². The number of benzene rings is 2. The number of carbonyl (C=O) groups is 1. The maximum absolute atomic E-state index is 12.4. The second kappa shape index (κ2) is 11.2. The highest BCUT2D eigenvalue weighted by molar-refractivity contribution is 7.99. The van der Waals surface area contributed by atoms with Crippen molar-refractivity contribution < 1.29 is 9.53 Å². The first-order chi connectivity index (χ1) is 17.6. The van der Waals surface area contributed by atoms with Gasteiger partial charge in [0.25, 0.3) is 5.91 Å². The zero-order chi connectivity index (χ0) is 24.9. The minimum Gasteiger partial charge on any atom is -0.484 e. The minimum absolute atomic E-state index is 0.0331. The number of amides is 1. The predicted molar refractivity (Wildman–Crippen MR) is 145 cm³/mol. The van der Waals surface area contributed by atoms with Crippen LogP contribution in [0.1, 0.15) is 33.1 Å². The number of nitrogens with one attached hydrogen (secondary N) is 1. The van der Waals surface area contributed by atoms with Crippen LogP contribution in [-0.2, 0) is 11.3 Å². The molecule has 0 atom stereocenters. The second-order valence-corrected chi connectivity index (χ2v) is 10.8. The van der Waals surface area contributed by atoms with E-state index in [1.807, 2.05) is 47.3 Å². The van der Waals surface area contributed by atoms with Gasteiger partial charge in [-0.2, -0.15) is 5.10 Å². The highest BCUT2D eigenvalue weighted by Crippen LogP contribution is 2.30. The molecule has 5 rings (SSSR count). The van der Waals surface area contributed by atoms with Crippen LogP contribution < -0.4 is 15.0 Å². The number of anilines is 1. The molecule has 1 fully saturated rings. The molecular formula is C27H32N6O2S. The molecule has 4 aromatic rings. The van der Waals surface area contributed by atoms with E-state index in [0.717, 1.165) is 45.9 Å². The van der Waals surface area contributed by atoms with Crippen molar-refractivity contribution in [1.82, 2.24) is 25.1 Å². The zero-order valence-corrected chi connectivity index (χ0v) is 21.6. The van der Waals surface area contributed by atoms with Crippen LogP contribution in [0.2, 0.25) is 0 Å². The Morgan fingerprint density at radius 3 is 2.69 bits per heavy atom. The van der Waals surface area contributed by atoms with Gasteiger partial charge >= 0.3 is 0 Å². The van der Waals surface area contributed by atoms with Gasteiger partial charge in [0, 0.05) is 24.9 Å². The second-order valence-electron chi connectivity index (χ2n) is 9.30. The van der Waals surface area contributed by atoms with Crippen LogP contribution in [0.5, 0.6) is 5.75 Å². The van der Waals surface area contributed by atoms with E-state index in [-0.39, 0.29) is 12.5 Å². The molecule has 2 aromatic heterocycles. The molecular weight excluding hydrogens is 472 g/mol. The fourth-order valence-corrected chi connectivity index (χ4v) is 5.15. The summed E-state index contributed by atoms with van der Waals surface area (Å²) >= 11 is 1.66. The lowest BCUT2D eigenvalue weighted by atomic mass is 10.1. The van der Waals surface area contributed by atoms with Crippen molar-refractivity contribution in [1.29, 1.82) is 0 Å². The molecule has 1 N–H and O–H groups in total. The van der Waals surface area contributed by atoms with E-state index in [2.05, 4.69) is 35.2 Å². The van der Waals surface area contributed by atoms with Crippen molar-refractivity contribution >= 4 is 45.3 Å². The number of aromatic nitrogens is 4. The molecule has 9 heteroatoms. The normalized spacial score (nSPS) is 14.0. The van der Waals surface area contributed by atoms with Gasteiger partial charge in [-0.15, -0.1) is 0 Å². The highest BCUT2D eigenvalue weighted by Gasteiger charge is 2.20. The topological polar surface area (TPSA) is 85.2 Å². The van der Waals surface area contributed by atoms with Gasteiger partial charge in [0.2, 0.25) is 0 Å². The number of carbonyl (C=O) groups excluding carboxylic acids is 1. The number of rotatable bonds is 9. The lowest BCUT2D eigenvalue weighted by Crippen LogP contribution is -2.32. The SMILES string of the molecule is CC(C)Sc1nc(N2CCCCC2)c2cnn(CCNC(=O)COc3ccc4ccccc4c3)c2n1. The summed E-state index contributed by atoms with van der Waals surface area (Å²) < 4.78 is 7.57. The molecule has 0 unspecified atom stereocenters. The van der Waals surface area contributed by atoms with Crippen LogP contribution in [0.15, 0.2) is 53.8 Å². The van der Waals surface area contributed by atoms with Crippen LogP contribution >= 0.6 is 11.8 Å². The molecule has 0 radical (unpaired) electrons. The number of hydrogen-bond donors (Lipinski definition) is 1. The minimum atomic E-state index is -0.167. The third-order valence-electron chi connectivity index (χ3n) is 6.19. The van der Waals surface area contributed by atoms with E-state index in [1.165, 1.54) is 19.3 Å². The third kappa shape index (κ3) is 5.73. The van der Waals surface area contributed by atoms with Crippen molar-refractivity contribution in [2.45, 2.75) is 50.1 Å². The quantitative estimate of drug-likeness (QED) is 0.262. The van der Waals surface area contributed by atoms with E-state index < -0.39 is 0 Å². The van der Waals surface area contributed by atoms with Crippen molar-refractivity contribution in [3.63, 3.8) is 0 Å². The Bertz CT molecular complexity index is 1350. The Morgan fingerprint density at radius 1 is 1.08 bits per heavy atom. The Kier molecular flexibility index (Phi) is 7.55. The summed E-state index contributed by atoms with van der Waals surface area (Å²) in [7, 11) is 0. The molecule has 8 nitrogen and oxygen atoms in total. The number of ether oxygens (including phenoxy) is 1. The maximum atomic E-state index is 12.4. The number of fused-ring (bicyclic) bond motifs is 2. The lowest BCUT2D eigenvalue weighted by Gasteiger charge is -2.28. The van der Waals surface area contributed by atoms with Crippen LogP contribution in [-0.4, -0.2) is 57.1 Å². The van der Waals surface area contributed by atoms with Gasteiger partial charge < -0.3 is 15.0 Å². The Balaban J connectivity index is 1.22. The monoisotopic (exact) mass is 504 g/mol. The third-order valence-corrected chi connectivity index (χ3v) is 7.05. The lowest BCUT2D eigenvalue weighted by molar-refractivity contribution is -0.123. The molecule has 1 aliphatic rings. The van der Waals surface area contributed by atoms with Gasteiger partial charge in [-0.05, 0) is 42.2 Å². The molecule has 0 aliphatic carbocycles. The summed E-state index contributed by atoms with van der Waals surface area (Å²) in [6.45, 7) is 7.23. The summed E-state index contributed by atoms with van der Waals surface area (Å²) in [6.07, 6.45) is 5.48. The Morgan fingerprint density at radius 2 is 1.89 bits per heavy atom. The van der Waals surface area contributed by atoms with E-state index in [0.29, 0.717) is 24.1 Å². The first-order valence-corrected chi connectivity index (χ1v) is 13.5. The van der Waals surface area contributed by atoms with Crippen molar-refractivity contribution in [3.8, 4) is 5.75 Å². The van der Waals surface area contributed by atoms with Crippen LogP contribution in [0.3, 0.4) is 0 Å². The summed E-state index contributed by atoms with van der Waals surface area (Å²) in [4.78, 5) is 24.5. The van der Waals surface area contributed by atoms with Crippen LogP contribution in [0, 0.1) is 0 Å². The average Bonchev–Trinajstić information content (AvgIpc) is 3.30. The number of hydrogen-bond acceptors (Lipinski definition) is 7. The molecule has 36 heavy (non-hydrogen) atoms. The number of piperidine rings is 1. The molecule has 3 heterocycles. The largest absolute Gasteiger partial charge is 0.484 e. The fraction of sp³-hybridized carbons (Fsp3) is 0.407. The summed E-state index contributed by atoms with van der Waals surface area (Å²) in [5.74, 6) is 1.49. The molecule has 0 bridgehead atoms. The van der Waals surface area contributed by atoms with E-state index in [4.69, 9.17) is 14.7 Å². The molecule has 1 saturated heterocycles. The molecule has 2 aromatic carbocycles. The maximum Gasteiger partial charge on any atom is 0.258 e. The van der Waals surface area contributed by atoms with Gasteiger partial charge in [-0.1, -0.05) is 55.9 Å². The number of nitrogens with zero attached hydrogens (tertiary/aromatic N) is 5. The van der Waals surface area contributed by atoms with Gasteiger partial charge in [-0.3, -0.25) is 4.79 Å². The van der Waals surface area contributed by atoms with Crippen LogP contribution in [0.25, 0.3) is 21.8 Å². The summed E-state index contributed by atoms with van der Waals surface area (Å²) in [5, 5.41) is 11.9. The Hall–Kier alpha value is -3.33. The van der Waals surface area contributed by atoms with Crippen molar-refractivity contribution in [2.24, 2.45) is 0 Å². The van der Waals surface area contributed by atoms with E-state index >= 15 is 0 Å². The predicted octanol–water partition coefficient (Wildman–Crippen LogP) is 4.67.